The fraction of sp³-hybridized carbons (Fsp3) is 0.207. The van der Waals surface area contributed by atoms with Crippen molar-refractivity contribution < 1.29 is 8.69 Å². The van der Waals surface area contributed by atoms with Crippen LogP contribution in [-0.4, -0.2) is 31.9 Å². The quantitative estimate of drug-likeness (QED) is 0.243. The van der Waals surface area contributed by atoms with Crippen molar-refractivity contribution in [3.8, 4) is 28.4 Å². The highest BCUT2D eigenvalue weighted by Crippen LogP contribution is 2.35. The van der Waals surface area contributed by atoms with Crippen LogP contribution in [0.25, 0.3) is 28.1 Å². The van der Waals surface area contributed by atoms with Gasteiger partial charge in [0.15, 0.2) is 11.7 Å². The maximum absolute atomic E-state index is 6.03. The first kappa shape index (κ1) is 22.8. The first-order chi connectivity index (χ1) is 18.7. The molecule has 0 spiro atoms. The van der Waals surface area contributed by atoms with Crippen molar-refractivity contribution in [1.29, 1.82) is 0 Å². The van der Waals surface area contributed by atoms with Gasteiger partial charge in [0.1, 0.15) is 29.3 Å². The lowest BCUT2D eigenvalue weighted by Gasteiger charge is -2.23. The van der Waals surface area contributed by atoms with Gasteiger partial charge in [-0.3, -0.25) is 4.90 Å². The van der Waals surface area contributed by atoms with Crippen molar-refractivity contribution in [3.05, 3.63) is 90.8 Å². The second kappa shape index (κ2) is 9.50. The number of nitrogen functional groups attached to an aromatic ring is 1. The molecule has 2 aromatic heterocycles. The predicted octanol–water partition coefficient (Wildman–Crippen LogP) is 5.11. The van der Waals surface area contributed by atoms with E-state index in [4.69, 9.17) is 10.5 Å². The molecular formula is C29H28N7OS+. The molecular weight excluding hydrogens is 494 g/mol. The van der Waals surface area contributed by atoms with E-state index in [9.17, 15) is 0 Å². The molecule has 2 aromatic carbocycles. The van der Waals surface area contributed by atoms with Crippen molar-refractivity contribution in [2.75, 3.05) is 23.7 Å². The van der Waals surface area contributed by atoms with Gasteiger partial charge in [0.05, 0.1) is 24.8 Å². The summed E-state index contributed by atoms with van der Waals surface area (Å²) in [6, 6.07) is 26.7. The molecule has 2 N–H and O–H groups in total. The molecule has 4 aromatic rings. The third-order valence-corrected chi connectivity index (χ3v) is 8.19. The molecule has 0 saturated carbocycles. The minimum absolute atomic E-state index is 0.356. The minimum Gasteiger partial charge on any atom is -0.487 e. The lowest BCUT2D eigenvalue weighted by Crippen LogP contribution is -2.40. The maximum atomic E-state index is 6.03. The number of hydrogen-bond donors (Lipinski definition) is 1. The fourth-order valence-corrected chi connectivity index (χ4v) is 6.33. The molecule has 0 unspecified atom stereocenters. The van der Waals surface area contributed by atoms with E-state index >= 15 is 0 Å². The summed E-state index contributed by atoms with van der Waals surface area (Å²) in [6.07, 6.45) is 5.69. The Hall–Kier alpha value is -4.37. The molecule has 0 aliphatic carbocycles. The number of hydrogen-bond acceptors (Lipinski definition) is 6. The van der Waals surface area contributed by atoms with Crippen LogP contribution in [0, 0.1) is 0 Å². The second-order valence-corrected chi connectivity index (χ2v) is 10.5. The van der Waals surface area contributed by atoms with Crippen LogP contribution in [0.5, 0.6) is 5.75 Å². The molecule has 8 nitrogen and oxygen atoms in total. The van der Waals surface area contributed by atoms with Crippen molar-refractivity contribution in [2.45, 2.75) is 25.9 Å². The van der Waals surface area contributed by atoms with Crippen LogP contribution in [0.15, 0.2) is 85.1 Å². The molecule has 3 aliphatic rings. The Morgan fingerprint density at radius 1 is 0.895 bits per heavy atom. The van der Waals surface area contributed by atoms with E-state index in [1.54, 1.807) is 11.7 Å². The number of nitrogens with two attached hydrogens (primary N) is 1. The monoisotopic (exact) mass is 522 g/mol. The van der Waals surface area contributed by atoms with Crippen LogP contribution in [-0.2, 0) is 6.61 Å². The average Bonchev–Trinajstić information content (AvgIpc) is 3.71. The zero-order valence-corrected chi connectivity index (χ0v) is 21.7. The van der Waals surface area contributed by atoms with Gasteiger partial charge < -0.3 is 10.5 Å². The van der Waals surface area contributed by atoms with Gasteiger partial charge in [0.2, 0.25) is 11.6 Å². The first-order valence-electron chi connectivity index (χ1n) is 12.9. The maximum Gasteiger partial charge on any atom is 0.239 e. The minimum atomic E-state index is 0.356. The summed E-state index contributed by atoms with van der Waals surface area (Å²) in [5, 5.41) is 8.83. The molecule has 0 bridgehead atoms. The number of nitrogens with zero attached hydrogens (tertiary/aromatic N) is 6. The summed E-state index contributed by atoms with van der Waals surface area (Å²) in [5.41, 5.74) is 12.2. The van der Waals surface area contributed by atoms with Gasteiger partial charge in [-0.2, -0.15) is 8.47 Å². The van der Waals surface area contributed by atoms with E-state index in [0.717, 1.165) is 47.1 Å². The molecule has 9 heteroatoms. The molecule has 3 aliphatic heterocycles. The normalized spacial score (nSPS) is 13.9. The summed E-state index contributed by atoms with van der Waals surface area (Å²) in [5.74, 6) is 2.98. The number of benzene rings is 2. The van der Waals surface area contributed by atoms with Gasteiger partial charge in [-0.05, 0) is 61.2 Å². The lowest BCUT2D eigenvalue weighted by molar-refractivity contribution is -0.505. The first-order valence-corrected chi connectivity index (χ1v) is 13.7. The Morgan fingerprint density at radius 3 is 2.53 bits per heavy atom. The molecule has 0 atom stereocenters. The number of rotatable bonds is 6. The number of fused-ring (bicyclic) bond motifs is 2. The average molecular weight is 523 g/mol. The highest BCUT2D eigenvalue weighted by atomic mass is 32.1. The second-order valence-electron chi connectivity index (χ2n) is 9.62. The van der Waals surface area contributed by atoms with Crippen molar-refractivity contribution in [1.82, 2.24) is 18.8 Å². The van der Waals surface area contributed by atoms with Crippen LogP contribution in [0.3, 0.4) is 0 Å². The van der Waals surface area contributed by atoms with Gasteiger partial charge in [0.25, 0.3) is 0 Å². The van der Waals surface area contributed by atoms with E-state index in [2.05, 4.69) is 59.4 Å². The van der Waals surface area contributed by atoms with Crippen molar-refractivity contribution >= 4 is 28.8 Å². The summed E-state index contributed by atoms with van der Waals surface area (Å²) >= 11 is 1.68. The highest BCUT2D eigenvalue weighted by Gasteiger charge is 2.29. The van der Waals surface area contributed by atoms with Gasteiger partial charge >= 0.3 is 0 Å². The fourth-order valence-electron chi connectivity index (χ4n) is 5.20. The zero-order chi connectivity index (χ0) is 25.5. The zero-order valence-electron chi connectivity index (χ0n) is 20.9. The highest BCUT2D eigenvalue weighted by molar-refractivity contribution is 6.96. The molecule has 7 rings (SSSR count). The summed E-state index contributed by atoms with van der Waals surface area (Å²) in [4.78, 5) is 2.50. The number of ether oxygens (including phenoxy) is 1. The standard InChI is InChI=1S/C29H27N7OS/c30-22-11-9-21(10-12-22)29-25-13-15-27(33-17-5-2-6-18-33)35(25)38-36-26(29)14-16-28(36)34-19-23(31-32-34)20-37-24-7-3-1-4-8-24/h1,3-4,7-16,19,30H,2,5-6,17-18,20H2/p+1. The molecule has 38 heavy (non-hydrogen) atoms. The molecule has 0 amide bonds. The van der Waals surface area contributed by atoms with Gasteiger partial charge in [-0.15, -0.1) is 9.06 Å². The van der Waals surface area contributed by atoms with Crippen LogP contribution >= 0.6 is 11.7 Å². The third-order valence-electron chi connectivity index (χ3n) is 7.09. The van der Waals surface area contributed by atoms with E-state index < -0.39 is 0 Å². The number of piperidine rings is 1. The molecule has 1 saturated heterocycles. The van der Waals surface area contributed by atoms with E-state index in [1.165, 1.54) is 36.3 Å². The largest absolute Gasteiger partial charge is 0.487 e. The molecule has 190 valence electrons. The number of anilines is 2. The van der Waals surface area contributed by atoms with Crippen LogP contribution in [0.1, 0.15) is 25.0 Å². The smallest absolute Gasteiger partial charge is 0.239 e. The van der Waals surface area contributed by atoms with E-state index in [-0.39, 0.29) is 0 Å². The van der Waals surface area contributed by atoms with Crippen molar-refractivity contribution in [2.24, 2.45) is 0 Å². The Bertz CT molecular complexity index is 1660. The molecule has 5 heterocycles. The summed E-state index contributed by atoms with van der Waals surface area (Å²) in [7, 11) is 0. The topological polar surface area (TPSA) is 77.5 Å². The Kier molecular flexibility index (Phi) is 5.70. The van der Waals surface area contributed by atoms with Gasteiger partial charge in [0, 0.05) is 17.8 Å². The predicted molar refractivity (Wildman–Crippen MR) is 150 cm³/mol. The van der Waals surface area contributed by atoms with Crippen LogP contribution in [0.2, 0.25) is 0 Å². The van der Waals surface area contributed by atoms with Gasteiger partial charge in [-0.25, -0.2) is 0 Å². The Labute approximate surface area is 224 Å². The number of para-hydroxylation sites is 1. The van der Waals surface area contributed by atoms with Crippen LogP contribution in [0.4, 0.5) is 11.5 Å². The Morgan fingerprint density at radius 2 is 1.71 bits per heavy atom. The third kappa shape index (κ3) is 4.05. The van der Waals surface area contributed by atoms with Gasteiger partial charge in [-0.1, -0.05) is 35.5 Å². The number of aromatic nitrogens is 5. The SMILES string of the molecule is Nc1ccc(-c2c3ccc(N4CCCCC4)[n+]-3sn3c(-n4cc(COc5ccccc5)nn4)ccc23)cc1. The summed E-state index contributed by atoms with van der Waals surface area (Å²) < 4.78 is 12.3. The molecule has 0 radical (unpaired) electrons. The van der Waals surface area contributed by atoms with E-state index in [0.29, 0.717) is 6.61 Å². The van der Waals surface area contributed by atoms with Crippen LogP contribution < -0.4 is 19.3 Å². The lowest BCUT2D eigenvalue weighted by atomic mass is 10.0. The van der Waals surface area contributed by atoms with E-state index in [1.807, 2.05) is 53.3 Å². The van der Waals surface area contributed by atoms with Crippen molar-refractivity contribution in [3.63, 3.8) is 0 Å². The Balaban J connectivity index is 1.33. The molecule has 1 fully saturated rings. The summed E-state index contributed by atoms with van der Waals surface area (Å²) in [6.45, 7) is 2.52.